The van der Waals surface area contributed by atoms with E-state index in [1.54, 1.807) is 0 Å². The fraction of sp³-hybridized carbons (Fsp3) is 0.611. The summed E-state index contributed by atoms with van der Waals surface area (Å²) in [5.74, 6) is 1.21. The topological polar surface area (TPSA) is 69.0 Å². The van der Waals surface area contributed by atoms with Crippen molar-refractivity contribution < 1.29 is 9.53 Å². The van der Waals surface area contributed by atoms with Crippen molar-refractivity contribution in [2.45, 2.75) is 51.5 Å². The highest BCUT2D eigenvalue weighted by molar-refractivity contribution is 5.91. The Morgan fingerprint density at radius 2 is 2.21 bits per heavy atom. The Kier molecular flexibility index (Phi) is 4.22. The van der Waals surface area contributed by atoms with Crippen molar-refractivity contribution in [2.24, 2.45) is 5.92 Å². The van der Waals surface area contributed by atoms with E-state index in [1.165, 1.54) is 6.42 Å². The predicted molar refractivity (Wildman–Crippen MR) is 91.9 cm³/mol. The van der Waals surface area contributed by atoms with E-state index in [9.17, 15) is 4.79 Å². The molecule has 4 rings (SSSR count). The number of nitrogens with one attached hydrogen (secondary N) is 1. The molecule has 0 radical (unpaired) electrons. The minimum Gasteiger partial charge on any atom is -0.381 e. The van der Waals surface area contributed by atoms with Gasteiger partial charge in [-0.2, -0.15) is 0 Å². The molecule has 1 saturated heterocycles. The molecule has 3 heterocycles. The summed E-state index contributed by atoms with van der Waals surface area (Å²) in [5.41, 5.74) is 2.72. The van der Waals surface area contributed by atoms with Crippen LogP contribution in [0, 0.1) is 12.8 Å². The lowest BCUT2D eigenvalue weighted by Gasteiger charge is -2.28. The molecule has 0 bridgehead atoms. The van der Waals surface area contributed by atoms with E-state index in [4.69, 9.17) is 4.74 Å². The number of nitrogens with zero attached hydrogens (tertiary/aromatic N) is 3. The number of anilines is 1. The Morgan fingerprint density at radius 3 is 2.92 bits per heavy atom. The summed E-state index contributed by atoms with van der Waals surface area (Å²) in [6.07, 6.45) is 5.95. The van der Waals surface area contributed by atoms with Crippen LogP contribution in [0.25, 0.3) is 11.2 Å². The van der Waals surface area contributed by atoms with Crippen molar-refractivity contribution in [3.05, 3.63) is 17.8 Å². The smallest absolute Gasteiger partial charge is 0.226 e. The van der Waals surface area contributed by atoms with Gasteiger partial charge >= 0.3 is 0 Å². The predicted octanol–water partition coefficient (Wildman–Crippen LogP) is 3.22. The summed E-state index contributed by atoms with van der Waals surface area (Å²) in [6, 6.07) is 4.35. The summed E-state index contributed by atoms with van der Waals surface area (Å²) in [5, 5.41) is 3.02. The first-order valence-corrected chi connectivity index (χ1v) is 8.94. The zero-order valence-corrected chi connectivity index (χ0v) is 14.1. The number of pyridine rings is 1. The molecule has 1 aliphatic carbocycles. The highest BCUT2D eigenvalue weighted by Crippen LogP contribution is 2.36. The Balaban J connectivity index is 1.53. The van der Waals surface area contributed by atoms with Gasteiger partial charge in [0.2, 0.25) is 11.9 Å². The Hall–Kier alpha value is -1.95. The molecule has 2 aromatic heterocycles. The van der Waals surface area contributed by atoms with Gasteiger partial charge in [0.15, 0.2) is 5.65 Å². The number of aryl methyl sites for hydroxylation is 1. The largest absolute Gasteiger partial charge is 0.381 e. The Labute approximate surface area is 141 Å². The molecular weight excluding hydrogens is 304 g/mol. The average molecular weight is 328 g/mol. The molecule has 6 nitrogen and oxygen atoms in total. The van der Waals surface area contributed by atoms with Crippen LogP contribution >= 0.6 is 0 Å². The van der Waals surface area contributed by atoms with Crippen LogP contribution < -0.4 is 5.32 Å². The third-order valence-electron chi connectivity index (χ3n) is 5.17. The van der Waals surface area contributed by atoms with Crippen molar-refractivity contribution in [2.75, 3.05) is 18.5 Å². The van der Waals surface area contributed by atoms with E-state index in [0.717, 1.165) is 55.8 Å². The molecule has 0 aromatic carbocycles. The van der Waals surface area contributed by atoms with Gasteiger partial charge in [-0.05, 0) is 57.1 Å². The molecular formula is C18H24N4O2. The number of amides is 1. The molecule has 1 aliphatic heterocycles. The fourth-order valence-electron chi connectivity index (χ4n) is 3.48. The van der Waals surface area contributed by atoms with Crippen molar-refractivity contribution in [1.82, 2.24) is 14.5 Å². The van der Waals surface area contributed by atoms with Gasteiger partial charge in [-0.3, -0.25) is 14.7 Å². The van der Waals surface area contributed by atoms with Gasteiger partial charge in [-0.1, -0.05) is 0 Å². The number of fused-ring (bicyclic) bond motifs is 1. The number of hydrogen-bond acceptors (Lipinski definition) is 4. The zero-order chi connectivity index (χ0) is 16.5. The van der Waals surface area contributed by atoms with Gasteiger partial charge in [-0.15, -0.1) is 0 Å². The highest BCUT2D eigenvalue weighted by atomic mass is 16.5. The van der Waals surface area contributed by atoms with Crippen LogP contribution in [0.5, 0.6) is 0 Å². The molecule has 2 aromatic rings. The first-order valence-electron chi connectivity index (χ1n) is 8.94. The van der Waals surface area contributed by atoms with Gasteiger partial charge in [0.25, 0.3) is 0 Å². The number of rotatable bonds is 5. The zero-order valence-electron chi connectivity index (χ0n) is 14.1. The average Bonchev–Trinajstić information content (AvgIpc) is 3.13. The van der Waals surface area contributed by atoms with E-state index in [1.807, 2.05) is 19.1 Å². The monoisotopic (exact) mass is 328 g/mol. The maximum Gasteiger partial charge on any atom is 0.226 e. The van der Waals surface area contributed by atoms with Crippen molar-refractivity contribution >= 4 is 23.0 Å². The minimum absolute atomic E-state index is 0.0366. The maximum atomic E-state index is 12.4. The van der Waals surface area contributed by atoms with E-state index >= 15 is 0 Å². The molecule has 2 fully saturated rings. The lowest BCUT2D eigenvalue weighted by atomic mass is 9.93. The highest BCUT2D eigenvalue weighted by Gasteiger charge is 2.26. The van der Waals surface area contributed by atoms with Gasteiger partial charge in [-0.25, -0.2) is 9.97 Å². The standard InChI is InChI=1S/C18H24N4O2/c1-12-5-7-15-17(19-12)22(14-3-2-4-14)18(20-15)21-16(23)8-6-13-9-10-24-11-13/h5,7,13-14H,2-4,6,8-11H2,1H3,(H,20,21,23). The molecule has 2 aliphatic rings. The summed E-state index contributed by atoms with van der Waals surface area (Å²) >= 11 is 0. The number of imidazole rings is 1. The van der Waals surface area contributed by atoms with E-state index in [2.05, 4.69) is 19.9 Å². The summed E-state index contributed by atoms with van der Waals surface area (Å²) in [4.78, 5) is 21.6. The van der Waals surface area contributed by atoms with Gasteiger partial charge in [0, 0.05) is 31.4 Å². The molecule has 0 spiro atoms. The van der Waals surface area contributed by atoms with Crippen LogP contribution in [0.3, 0.4) is 0 Å². The van der Waals surface area contributed by atoms with E-state index in [-0.39, 0.29) is 5.91 Å². The molecule has 6 heteroatoms. The fourth-order valence-corrected chi connectivity index (χ4v) is 3.48. The van der Waals surface area contributed by atoms with Crippen molar-refractivity contribution in [1.29, 1.82) is 0 Å². The van der Waals surface area contributed by atoms with Gasteiger partial charge < -0.3 is 4.74 Å². The molecule has 128 valence electrons. The Bertz CT molecular complexity index is 745. The van der Waals surface area contributed by atoms with E-state index in [0.29, 0.717) is 24.3 Å². The summed E-state index contributed by atoms with van der Waals surface area (Å²) in [7, 11) is 0. The van der Waals surface area contributed by atoms with Crippen LogP contribution in [-0.4, -0.2) is 33.7 Å². The number of aromatic nitrogens is 3. The molecule has 1 atom stereocenters. The Morgan fingerprint density at radius 1 is 1.33 bits per heavy atom. The third-order valence-corrected chi connectivity index (χ3v) is 5.17. The minimum atomic E-state index is 0.0366. The third kappa shape index (κ3) is 3.02. The van der Waals surface area contributed by atoms with Crippen LogP contribution in [0.4, 0.5) is 5.95 Å². The van der Waals surface area contributed by atoms with E-state index < -0.39 is 0 Å². The quantitative estimate of drug-likeness (QED) is 0.915. The van der Waals surface area contributed by atoms with Crippen LogP contribution in [-0.2, 0) is 9.53 Å². The van der Waals surface area contributed by atoms with Crippen molar-refractivity contribution in [3.63, 3.8) is 0 Å². The number of carbonyl (C=O) groups excluding carboxylic acids is 1. The molecule has 1 saturated carbocycles. The molecule has 1 unspecified atom stereocenters. The normalized spacial score (nSPS) is 21.1. The second-order valence-corrected chi connectivity index (χ2v) is 7.00. The van der Waals surface area contributed by atoms with Gasteiger partial charge in [0.05, 0.1) is 0 Å². The number of carbonyl (C=O) groups is 1. The first-order chi connectivity index (χ1) is 11.7. The maximum absolute atomic E-state index is 12.4. The van der Waals surface area contributed by atoms with Crippen LogP contribution in [0.1, 0.15) is 50.3 Å². The summed E-state index contributed by atoms with van der Waals surface area (Å²) in [6.45, 7) is 3.60. The molecule has 1 N–H and O–H groups in total. The van der Waals surface area contributed by atoms with Crippen LogP contribution in [0.2, 0.25) is 0 Å². The SMILES string of the molecule is Cc1ccc2nc(NC(=O)CCC3CCOC3)n(C3CCC3)c2n1. The number of hydrogen-bond donors (Lipinski definition) is 1. The molecule has 1 amide bonds. The number of ether oxygens (including phenoxy) is 1. The lowest BCUT2D eigenvalue weighted by Crippen LogP contribution is -2.22. The lowest BCUT2D eigenvalue weighted by molar-refractivity contribution is -0.116. The molecule has 24 heavy (non-hydrogen) atoms. The first kappa shape index (κ1) is 15.6. The summed E-state index contributed by atoms with van der Waals surface area (Å²) < 4.78 is 7.50. The van der Waals surface area contributed by atoms with Crippen LogP contribution in [0.15, 0.2) is 12.1 Å². The second kappa shape index (κ2) is 6.51. The van der Waals surface area contributed by atoms with Crippen molar-refractivity contribution in [3.8, 4) is 0 Å². The second-order valence-electron chi connectivity index (χ2n) is 7.00. The van der Waals surface area contributed by atoms with Gasteiger partial charge in [0.1, 0.15) is 5.52 Å².